The molecule has 1 fully saturated rings. The fraction of sp³-hybridized carbons (Fsp3) is 0.200. The molecule has 2 aromatic carbocycles. The van der Waals surface area contributed by atoms with Gasteiger partial charge < -0.3 is 4.74 Å². The highest BCUT2D eigenvalue weighted by Gasteiger charge is 2.31. The van der Waals surface area contributed by atoms with Crippen molar-refractivity contribution >= 4 is 63.5 Å². The van der Waals surface area contributed by atoms with Crippen molar-refractivity contribution in [1.29, 1.82) is 0 Å². The summed E-state index contributed by atoms with van der Waals surface area (Å²) in [5.74, 6) is 0.617. The SMILES string of the molecule is CCCN1C(=O)C(=Cc2ccccc2OCc2ccc(Cl)cc2Cl)SC1=S. The molecule has 0 radical (unpaired) electrons. The van der Waals surface area contributed by atoms with E-state index in [1.54, 1.807) is 17.0 Å². The largest absolute Gasteiger partial charge is 0.488 e. The van der Waals surface area contributed by atoms with E-state index in [4.69, 9.17) is 40.2 Å². The molecule has 0 spiro atoms. The van der Waals surface area contributed by atoms with Crippen LogP contribution in [0.4, 0.5) is 0 Å². The van der Waals surface area contributed by atoms with Gasteiger partial charge in [-0.05, 0) is 30.7 Å². The van der Waals surface area contributed by atoms with E-state index >= 15 is 0 Å². The number of amides is 1. The van der Waals surface area contributed by atoms with Crippen LogP contribution in [0.2, 0.25) is 10.0 Å². The Labute approximate surface area is 178 Å². The number of thioether (sulfide) groups is 1. The molecular weight excluding hydrogens is 421 g/mol. The van der Waals surface area contributed by atoms with Crippen LogP contribution in [0, 0.1) is 0 Å². The monoisotopic (exact) mass is 437 g/mol. The summed E-state index contributed by atoms with van der Waals surface area (Å²) < 4.78 is 6.55. The zero-order valence-corrected chi connectivity index (χ0v) is 17.7. The van der Waals surface area contributed by atoms with Gasteiger partial charge in [0.1, 0.15) is 16.7 Å². The minimum Gasteiger partial charge on any atom is -0.488 e. The van der Waals surface area contributed by atoms with Gasteiger partial charge in [-0.2, -0.15) is 0 Å². The lowest BCUT2D eigenvalue weighted by molar-refractivity contribution is -0.122. The van der Waals surface area contributed by atoms with E-state index in [2.05, 4.69) is 0 Å². The molecular formula is C20H17Cl2NO2S2. The van der Waals surface area contributed by atoms with Crippen LogP contribution in [0.5, 0.6) is 5.75 Å². The van der Waals surface area contributed by atoms with Gasteiger partial charge in [0, 0.05) is 27.7 Å². The predicted octanol–water partition coefficient (Wildman–Crippen LogP) is 6.18. The highest BCUT2D eigenvalue weighted by Crippen LogP contribution is 2.34. The summed E-state index contributed by atoms with van der Waals surface area (Å²) in [5.41, 5.74) is 1.66. The average molecular weight is 438 g/mol. The van der Waals surface area contributed by atoms with E-state index in [0.717, 1.165) is 17.5 Å². The molecule has 27 heavy (non-hydrogen) atoms. The van der Waals surface area contributed by atoms with E-state index in [-0.39, 0.29) is 5.91 Å². The number of para-hydroxylation sites is 1. The van der Waals surface area contributed by atoms with Crippen molar-refractivity contribution in [3.8, 4) is 5.75 Å². The van der Waals surface area contributed by atoms with Crippen molar-refractivity contribution in [1.82, 2.24) is 4.90 Å². The molecule has 0 N–H and O–H groups in total. The highest BCUT2D eigenvalue weighted by molar-refractivity contribution is 8.26. The number of hydrogen-bond donors (Lipinski definition) is 0. The zero-order chi connectivity index (χ0) is 19.4. The van der Waals surface area contributed by atoms with Crippen LogP contribution in [-0.2, 0) is 11.4 Å². The van der Waals surface area contributed by atoms with E-state index in [9.17, 15) is 4.79 Å². The van der Waals surface area contributed by atoms with Crippen molar-refractivity contribution in [2.75, 3.05) is 6.54 Å². The summed E-state index contributed by atoms with van der Waals surface area (Å²) in [6, 6.07) is 12.9. The first-order chi connectivity index (χ1) is 13.0. The lowest BCUT2D eigenvalue weighted by Gasteiger charge is -2.12. The summed E-state index contributed by atoms with van der Waals surface area (Å²) in [4.78, 5) is 14.8. The van der Waals surface area contributed by atoms with Gasteiger partial charge in [0.05, 0.1) is 4.91 Å². The highest BCUT2D eigenvalue weighted by atomic mass is 35.5. The Hall–Kier alpha value is -1.53. The Morgan fingerprint density at radius 2 is 2.00 bits per heavy atom. The van der Waals surface area contributed by atoms with Crippen molar-refractivity contribution in [2.24, 2.45) is 0 Å². The Kier molecular flexibility index (Phi) is 6.82. The van der Waals surface area contributed by atoms with Gasteiger partial charge in [-0.1, -0.05) is 78.4 Å². The first kappa shape index (κ1) is 20.2. The van der Waals surface area contributed by atoms with Crippen molar-refractivity contribution in [3.63, 3.8) is 0 Å². The molecule has 0 saturated carbocycles. The van der Waals surface area contributed by atoms with E-state index in [0.29, 0.717) is 38.2 Å². The summed E-state index contributed by atoms with van der Waals surface area (Å²) in [7, 11) is 0. The molecule has 3 nitrogen and oxygen atoms in total. The van der Waals surface area contributed by atoms with Crippen LogP contribution >= 0.6 is 47.2 Å². The molecule has 0 bridgehead atoms. The number of thiocarbonyl (C=S) groups is 1. The standard InChI is InChI=1S/C20H17Cl2NO2S2/c1-2-9-23-19(24)18(27-20(23)26)10-13-5-3-4-6-17(13)25-12-14-7-8-15(21)11-16(14)22/h3-8,10-11H,2,9,12H2,1H3. The number of halogens is 2. The van der Waals surface area contributed by atoms with Crippen LogP contribution in [0.3, 0.4) is 0 Å². The van der Waals surface area contributed by atoms with Gasteiger partial charge in [-0.15, -0.1) is 0 Å². The second-order valence-electron chi connectivity index (χ2n) is 5.90. The number of ether oxygens (including phenoxy) is 1. The van der Waals surface area contributed by atoms with E-state index < -0.39 is 0 Å². The lowest BCUT2D eigenvalue weighted by Crippen LogP contribution is -2.28. The smallest absolute Gasteiger partial charge is 0.266 e. The number of rotatable bonds is 6. The number of benzene rings is 2. The summed E-state index contributed by atoms with van der Waals surface area (Å²) in [6.07, 6.45) is 2.69. The second-order valence-corrected chi connectivity index (χ2v) is 8.41. The van der Waals surface area contributed by atoms with Crippen LogP contribution < -0.4 is 4.74 Å². The van der Waals surface area contributed by atoms with Crippen LogP contribution in [0.25, 0.3) is 6.08 Å². The molecule has 3 rings (SSSR count). The Balaban J connectivity index is 1.80. The van der Waals surface area contributed by atoms with Crippen molar-refractivity contribution in [2.45, 2.75) is 20.0 Å². The Morgan fingerprint density at radius 3 is 2.74 bits per heavy atom. The molecule has 7 heteroatoms. The van der Waals surface area contributed by atoms with Crippen LogP contribution in [0.15, 0.2) is 47.4 Å². The van der Waals surface area contributed by atoms with Gasteiger partial charge >= 0.3 is 0 Å². The van der Waals surface area contributed by atoms with Gasteiger partial charge in [0.15, 0.2) is 0 Å². The molecule has 1 aliphatic rings. The Bertz CT molecular complexity index is 915. The molecule has 1 amide bonds. The third kappa shape index (κ3) is 4.85. The normalized spacial score (nSPS) is 15.7. The molecule has 1 aliphatic heterocycles. The minimum absolute atomic E-state index is 0.0533. The summed E-state index contributed by atoms with van der Waals surface area (Å²) in [6.45, 7) is 2.96. The molecule has 0 aliphatic carbocycles. The third-order valence-corrected chi connectivity index (χ3v) is 5.89. The third-order valence-electron chi connectivity index (χ3n) is 3.92. The molecule has 0 atom stereocenters. The summed E-state index contributed by atoms with van der Waals surface area (Å²) >= 11 is 18.8. The van der Waals surface area contributed by atoms with Gasteiger partial charge in [0.25, 0.3) is 5.91 Å². The molecule has 0 aromatic heterocycles. The maximum absolute atomic E-state index is 12.6. The zero-order valence-electron chi connectivity index (χ0n) is 14.6. The second kappa shape index (κ2) is 9.11. The quantitative estimate of drug-likeness (QED) is 0.398. The topological polar surface area (TPSA) is 29.5 Å². The van der Waals surface area contributed by atoms with Crippen molar-refractivity contribution in [3.05, 3.63) is 68.5 Å². The fourth-order valence-electron chi connectivity index (χ4n) is 2.58. The molecule has 1 saturated heterocycles. The molecule has 140 valence electrons. The maximum Gasteiger partial charge on any atom is 0.266 e. The molecule has 1 heterocycles. The van der Waals surface area contributed by atoms with E-state index in [1.165, 1.54) is 11.8 Å². The fourth-order valence-corrected chi connectivity index (χ4v) is 4.35. The predicted molar refractivity (Wildman–Crippen MR) is 117 cm³/mol. The summed E-state index contributed by atoms with van der Waals surface area (Å²) in [5, 5.41) is 1.14. The van der Waals surface area contributed by atoms with Crippen molar-refractivity contribution < 1.29 is 9.53 Å². The number of nitrogens with zero attached hydrogens (tertiary/aromatic N) is 1. The van der Waals surface area contributed by atoms with Gasteiger partial charge in [0.2, 0.25) is 0 Å². The number of hydrogen-bond acceptors (Lipinski definition) is 4. The van der Waals surface area contributed by atoms with Gasteiger partial charge in [-0.3, -0.25) is 9.69 Å². The molecule has 0 unspecified atom stereocenters. The van der Waals surface area contributed by atoms with Crippen LogP contribution in [0.1, 0.15) is 24.5 Å². The van der Waals surface area contributed by atoms with Gasteiger partial charge in [-0.25, -0.2) is 0 Å². The lowest BCUT2D eigenvalue weighted by atomic mass is 10.1. The first-order valence-electron chi connectivity index (χ1n) is 8.40. The first-order valence-corrected chi connectivity index (χ1v) is 10.4. The Morgan fingerprint density at radius 1 is 1.22 bits per heavy atom. The molecule has 2 aromatic rings. The minimum atomic E-state index is -0.0533. The average Bonchev–Trinajstić information content (AvgIpc) is 2.90. The maximum atomic E-state index is 12.6. The van der Waals surface area contributed by atoms with Crippen LogP contribution in [-0.4, -0.2) is 21.7 Å². The van der Waals surface area contributed by atoms with E-state index in [1.807, 2.05) is 43.3 Å². The number of carbonyl (C=O) groups is 1. The number of carbonyl (C=O) groups excluding carboxylic acids is 1.